The Labute approximate surface area is 130 Å². The van der Waals surface area contributed by atoms with Crippen molar-refractivity contribution in [3.8, 4) is 0 Å². The molecule has 1 aliphatic rings. The number of carbonyl (C=O) groups excluding carboxylic acids is 1. The third-order valence-corrected chi connectivity index (χ3v) is 5.15. The highest BCUT2D eigenvalue weighted by molar-refractivity contribution is 7.16. The number of likely N-dealkylation sites (tertiary alicyclic amines) is 1. The Hall–Kier alpha value is -0.580. The lowest BCUT2D eigenvalue weighted by Gasteiger charge is -2.35. The molecule has 0 spiro atoms. The molecule has 3 nitrogen and oxygen atoms in total. The summed E-state index contributed by atoms with van der Waals surface area (Å²) < 4.78 is 0.812. The van der Waals surface area contributed by atoms with Crippen LogP contribution in [0.3, 0.4) is 0 Å². The molecule has 1 aromatic rings. The zero-order valence-electron chi connectivity index (χ0n) is 12.3. The molecule has 1 aromatic heterocycles. The molecular weight excluding hydrogens is 292 g/mol. The minimum Gasteiger partial charge on any atom is -0.339 e. The van der Waals surface area contributed by atoms with Crippen LogP contribution in [-0.4, -0.2) is 41.4 Å². The van der Waals surface area contributed by atoms with Crippen molar-refractivity contribution in [1.82, 2.24) is 9.80 Å². The maximum absolute atomic E-state index is 12.4. The standard InChI is InChI=1S/C15H23ClN2OS/c1-3-17(10-13-7-8-14(16)20-13)11-15(19)18-9-5-4-6-12(18)2/h7-8,12H,3-6,9-11H2,1-2H3. The van der Waals surface area contributed by atoms with Crippen LogP contribution < -0.4 is 0 Å². The number of thiophene rings is 1. The van der Waals surface area contributed by atoms with Crippen LogP contribution in [0, 0.1) is 0 Å². The quantitative estimate of drug-likeness (QED) is 0.828. The summed E-state index contributed by atoms with van der Waals surface area (Å²) in [6.45, 7) is 7.37. The first-order valence-corrected chi connectivity index (χ1v) is 8.55. The summed E-state index contributed by atoms with van der Waals surface area (Å²) in [6.07, 6.45) is 3.53. The van der Waals surface area contributed by atoms with Crippen molar-refractivity contribution < 1.29 is 4.79 Å². The summed E-state index contributed by atoms with van der Waals surface area (Å²) in [5.41, 5.74) is 0. The minimum atomic E-state index is 0.265. The van der Waals surface area contributed by atoms with Gasteiger partial charge in [-0.25, -0.2) is 0 Å². The third kappa shape index (κ3) is 4.21. The molecule has 1 saturated heterocycles. The first-order valence-electron chi connectivity index (χ1n) is 7.36. The molecule has 1 atom stereocenters. The molecule has 5 heteroatoms. The third-order valence-electron chi connectivity index (χ3n) is 3.94. The Kier molecular flexibility index (Phi) is 5.87. The Morgan fingerprint density at radius 2 is 2.30 bits per heavy atom. The van der Waals surface area contributed by atoms with Crippen LogP contribution in [-0.2, 0) is 11.3 Å². The molecule has 1 aliphatic heterocycles. The van der Waals surface area contributed by atoms with E-state index in [0.717, 1.165) is 36.8 Å². The zero-order valence-corrected chi connectivity index (χ0v) is 13.8. The normalized spacial score (nSPS) is 19.6. The van der Waals surface area contributed by atoms with E-state index in [1.165, 1.54) is 11.3 Å². The Balaban J connectivity index is 1.90. The maximum Gasteiger partial charge on any atom is 0.236 e. The molecule has 1 unspecified atom stereocenters. The SMILES string of the molecule is CCN(CC(=O)N1CCCCC1C)Cc1ccc(Cl)s1. The van der Waals surface area contributed by atoms with Crippen molar-refractivity contribution in [3.63, 3.8) is 0 Å². The summed E-state index contributed by atoms with van der Waals surface area (Å²) in [4.78, 5) is 17.9. The molecule has 20 heavy (non-hydrogen) atoms. The van der Waals surface area contributed by atoms with Gasteiger partial charge in [-0.05, 0) is 44.9 Å². The summed E-state index contributed by atoms with van der Waals surface area (Å²) in [7, 11) is 0. The zero-order chi connectivity index (χ0) is 14.5. The van der Waals surface area contributed by atoms with Crippen LogP contribution in [0.25, 0.3) is 0 Å². The van der Waals surface area contributed by atoms with E-state index in [1.54, 1.807) is 11.3 Å². The number of rotatable bonds is 5. The van der Waals surface area contributed by atoms with Gasteiger partial charge in [0.1, 0.15) is 0 Å². The van der Waals surface area contributed by atoms with E-state index in [2.05, 4.69) is 18.7 Å². The largest absolute Gasteiger partial charge is 0.339 e. The first kappa shape index (κ1) is 15.8. The van der Waals surface area contributed by atoms with Gasteiger partial charge in [0.2, 0.25) is 5.91 Å². The predicted molar refractivity (Wildman–Crippen MR) is 85.3 cm³/mol. The van der Waals surface area contributed by atoms with E-state index in [1.807, 2.05) is 17.0 Å². The topological polar surface area (TPSA) is 23.6 Å². The van der Waals surface area contributed by atoms with E-state index in [9.17, 15) is 4.79 Å². The maximum atomic E-state index is 12.4. The number of piperidine rings is 1. The summed E-state index contributed by atoms with van der Waals surface area (Å²) >= 11 is 7.55. The number of hydrogen-bond donors (Lipinski definition) is 0. The lowest BCUT2D eigenvalue weighted by atomic mass is 10.0. The average molecular weight is 315 g/mol. The smallest absolute Gasteiger partial charge is 0.236 e. The number of amides is 1. The fraction of sp³-hybridized carbons (Fsp3) is 0.667. The molecule has 0 N–H and O–H groups in total. The van der Waals surface area contributed by atoms with Gasteiger partial charge >= 0.3 is 0 Å². The second-order valence-electron chi connectivity index (χ2n) is 5.44. The van der Waals surface area contributed by atoms with Gasteiger partial charge in [0.15, 0.2) is 0 Å². The van der Waals surface area contributed by atoms with Crippen LogP contribution >= 0.6 is 22.9 Å². The van der Waals surface area contributed by atoms with Crippen molar-refractivity contribution >= 4 is 28.8 Å². The average Bonchev–Trinajstić information content (AvgIpc) is 2.83. The molecular formula is C15H23ClN2OS. The summed E-state index contributed by atoms with van der Waals surface area (Å²) in [6, 6.07) is 4.36. The number of nitrogens with zero attached hydrogens (tertiary/aromatic N) is 2. The molecule has 0 saturated carbocycles. The Bertz CT molecular complexity index is 449. The second-order valence-corrected chi connectivity index (χ2v) is 7.24. The fourth-order valence-electron chi connectivity index (χ4n) is 2.69. The van der Waals surface area contributed by atoms with Gasteiger partial charge in [0.25, 0.3) is 0 Å². The van der Waals surface area contributed by atoms with Gasteiger partial charge in [-0.1, -0.05) is 18.5 Å². The van der Waals surface area contributed by atoms with E-state index < -0.39 is 0 Å². The molecule has 1 fully saturated rings. The molecule has 112 valence electrons. The van der Waals surface area contributed by atoms with E-state index in [4.69, 9.17) is 11.6 Å². The summed E-state index contributed by atoms with van der Waals surface area (Å²) in [5.74, 6) is 0.265. The van der Waals surface area contributed by atoms with Gasteiger partial charge < -0.3 is 4.90 Å². The number of halogens is 1. The molecule has 0 aliphatic carbocycles. The van der Waals surface area contributed by atoms with Crippen molar-refractivity contribution in [2.24, 2.45) is 0 Å². The minimum absolute atomic E-state index is 0.265. The van der Waals surface area contributed by atoms with Crippen LogP contribution in [0.1, 0.15) is 38.0 Å². The second kappa shape index (κ2) is 7.43. The molecule has 0 aromatic carbocycles. The van der Waals surface area contributed by atoms with Gasteiger partial charge in [-0.2, -0.15) is 0 Å². The highest BCUT2D eigenvalue weighted by atomic mass is 35.5. The van der Waals surface area contributed by atoms with Gasteiger partial charge in [-0.15, -0.1) is 11.3 Å². The van der Waals surface area contributed by atoms with Gasteiger partial charge in [-0.3, -0.25) is 9.69 Å². The highest BCUT2D eigenvalue weighted by Gasteiger charge is 2.24. The summed E-state index contributed by atoms with van der Waals surface area (Å²) in [5, 5.41) is 0. The lowest BCUT2D eigenvalue weighted by molar-refractivity contribution is -0.135. The predicted octanol–water partition coefficient (Wildman–Crippen LogP) is 3.62. The Morgan fingerprint density at radius 3 is 2.90 bits per heavy atom. The monoisotopic (exact) mass is 314 g/mol. The van der Waals surface area contributed by atoms with Crippen LogP contribution in [0.4, 0.5) is 0 Å². The van der Waals surface area contributed by atoms with Gasteiger partial charge in [0.05, 0.1) is 10.9 Å². The number of likely N-dealkylation sites (N-methyl/N-ethyl adjacent to an activating group) is 1. The Morgan fingerprint density at radius 1 is 1.50 bits per heavy atom. The van der Waals surface area contributed by atoms with Crippen LogP contribution in [0.15, 0.2) is 12.1 Å². The van der Waals surface area contributed by atoms with E-state index in [-0.39, 0.29) is 5.91 Å². The van der Waals surface area contributed by atoms with Crippen molar-refractivity contribution in [2.75, 3.05) is 19.6 Å². The van der Waals surface area contributed by atoms with Crippen LogP contribution in [0.2, 0.25) is 4.34 Å². The first-order chi connectivity index (χ1) is 9.60. The van der Waals surface area contributed by atoms with Gasteiger partial charge in [0, 0.05) is 24.0 Å². The van der Waals surface area contributed by atoms with Crippen molar-refractivity contribution in [1.29, 1.82) is 0 Å². The molecule has 0 radical (unpaired) electrons. The van der Waals surface area contributed by atoms with Crippen molar-refractivity contribution in [3.05, 3.63) is 21.3 Å². The molecule has 0 bridgehead atoms. The van der Waals surface area contributed by atoms with E-state index >= 15 is 0 Å². The number of carbonyl (C=O) groups is 1. The fourth-order valence-corrected chi connectivity index (χ4v) is 3.82. The molecule has 1 amide bonds. The highest BCUT2D eigenvalue weighted by Crippen LogP contribution is 2.23. The van der Waals surface area contributed by atoms with E-state index in [0.29, 0.717) is 12.6 Å². The van der Waals surface area contributed by atoms with Crippen molar-refractivity contribution in [2.45, 2.75) is 45.7 Å². The lowest BCUT2D eigenvalue weighted by Crippen LogP contribution is -2.46. The van der Waals surface area contributed by atoms with Crippen LogP contribution in [0.5, 0.6) is 0 Å². The molecule has 2 heterocycles. The number of hydrogen-bond acceptors (Lipinski definition) is 3. The molecule has 2 rings (SSSR count).